The molecule has 1 N–H and O–H groups in total. The molecule has 1 unspecified atom stereocenters. The number of ether oxygens (including phenoxy) is 3. The number of aryl methyl sites for hydroxylation is 1. The van der Waals surface area contributed by atoms with Gasteiger partial charge in [0.05, 0.1) is 12.2 Å². The van der Waals surface area contributed by atoms with Crippen LogP contribution in [0, 0.1) is 6.92 Å². The Morgan fingerprint density at radius 2 is 1.82 bits per heavy atom. The standard InChI is InChI=1S/C29H42N2O7Si/c1-9-29(28(15-16-28)38-39(7,8)27(4,5)6)23(35-18-21-13-11-10-12-14-21)22(36-20(3)32)25(37-29)31-17-19(2)24(33)30-26(31)34/h10-14,17,22-23,25H,9,15-16,18H2,1-8H3,(H,30,33,34)/t22-,23?,25+,29+/m0/s1. The molecule has 0 spiro atoms. The molecule has 39 heavy (non-hydrogen) atoms. The van der Waals surface area contributed by atoms with Crippen LogP contribution in [0.4, 0.5) is 0 Å². The average molecular weight is 559 g/mol. The van der Waals surface area contributed by atoms with Gasteiger partial charge in [-0.25, -0.2) is 4.79 Å². The summed E-state index contributed by atoms with van der Waals surface area (Å²) in [6, 6.07) is 9.75. The zero-order valence-electron chi connectivity index (χ0n) is 24.3. The molecule has 1 aliphatic heterocycles. The highest BCUT2D eigenvalue weighted by Crippen LogP contribution is 2.61. The number of H-pyrrole nitrogens is 1. The van der Waals surface area contributed by atoms with Gasteiger partial charge in [-0.2, -0.15) is 0 Å². The van der Waals surface area contributed by atoms with E-state index in [1.54, 1.807) is 6.92 Å². The van der Waals surface area contributed by atoms with Gasteiger partial charge in [-0.3, -0.25) is 19.1 Å². The van der Waals surface area contributed by atoms with Crippen molar-refractivity contribution in [1.29, 1.82) is 0 Å². The van der Waals surface area contributed by atoms with E-state index in [1.807, 2.05) is 37.3 Å². The smallest absolute Gasteiger partial charge is 0.330 e. The van der Waals surface area contributed by atoms with Gasteiger partial charge in [0.15, 0.2) is 20.6 Å². The molecule has 0 amide bonds. The number of esters is 1. The second-order valence-corrected chi connectivity index (χ2v) is 17.1. The fourth-order valence-electron chi connectivity index (χ4n) is 5.40. The van der Waals surface area contributed by atoms with Crippen LogP contribution in [0.3, 0.4) is 0 Å². The summed E-state index contributed by atoms with van der Waals surface area (Å²) >= 11 is 0. The highest BCUT2D eigenvalue weighted by Gasteiger charge is 2.73. The number of nitrogens with one attached hydrogen (secondary N) is 1. The Morgan fingerprint density at radius 1 is 1.18 bits per heavy atom. The monoisotopic (exact) mass is 558 g/mol. The number of benzene rings is 1. The first-order valence-electron chi connectivity index (χ1n) is 13.7. The third-order valence-corrected chi connectivity index (χ3v) is 13.1. The van der Waals surface area contributed by atoms with E-state index in [-0.39, 0.29) is 11.6 Å². The molecule has 214 valence electrons. The Balaban J connectivity index is 1.85. The van der Waals surface area contributed by atoms with Gasteiger partial charge in [0.25, 0.3) is 5.56 Å². The van der Waals surface area contributed by atoms with Crippen molar-refractivity contribution in [3.05, 3.63) is 68.5 Å². The van der Waals surface area contributed by atoms with E-state index in [4.69, 9.17) is 18.6 Å². The lowest BCUT2D eigenvalue weighted by atomic mass is 9.84. The predicted molar refractivity (Wildman–Crippen MR) is 150 cm³/mol. The number of rotatable bonds is 9. The molecule has 4 atom stereocenters. The largest absolute Gasteiger partial charge is 0.455 e. The van der Waals surface area contributed by atoms with E-state index in [0.717, 1.165) is 18.4 Å². The van der Waals surface area contributed by atoms with E-state index in [0.29, 0.717) is 12.0 Å². The summed E-state index contributed by atoms with van der Waals surface area (Å²) in [7, 11) is -2.27. The zero-order valence-corrected chi connectivity index (χ0v) is 25.3. The molecule has 1 aromatic heterocycles. The first kappa shape index (κ1) is 29.4. The Labute approximate surface area is 231 Å². The summed E-state index contributed by atoms with van der Waals surface area (Å²) in [6.07, 6.45) is 0.786. The van der Waals surface area contributed by atoms with Crippen LogP contribution < -0.4 is 11.2 Å². The Morgan fingerprint density at radius 3 is 2.36 bits per heavy atom. The van der Waals surface area contributed by atoms with Crippen molar-refractivity contribution in [2.45, 2.75) is 115 Å². The van der Waals surface area contributed by atoms with Crippen LogP contribution in [0.5, 0.6) is 0 Å². The van der Waals surface area contributed by atoms with Crippen molar-refractivity contribution in [2.75, 3.05) is 0 Å². The summed E-state index contributed by atoms with van der Waals surface area (Å²) in [6.45, 7) is 16.2. The van der Waals surface area contributed by atoms with Gasteiger partial charge in [-0.1, -0.05) is 58.0 Å². The molecule has 2 fully saturated rings. The summed E-state index contributed by atoms with van der Waals surface area (Å²) < 4.78 is 27.8. The summed E-state index contributed by atoms with van der Waals surface area (Å²) in [4.78, 5) is 40.0. The second kappa shape index (κ2) is 10.5. The summed E-state index contributed by atoms with van der Waals surface area (Å²) in [5.41, 5.74) is -1.49. The molecular formula is C29H42N2O7Si. The van der Waals surface area contributed by atoms with E-state index in [9.17, 15) is 14.4 Å². The van der Waals surface area contributed by atoms with Gasteiger partial charge >= 0.3 is 11.7 Å². The Hall–Kier alpha value is -2.53. The number of aromatic amines is 1. The third kappa shape index (κ3) is 5.44. The molecule has 0 bridgehead atoms. The average Bonchev–Trinajstić information content (AvgIpc) is 3.55. The summed E-state index contributed by atoms with van der Waals surface area (Å²) in [5, 5.41) is -0.0435. The van der Waals surface area contributed by atoms with Crippen molar-refractivity contribution in [2.24, 2.45) is 0 Å². The number of hydrogen-bond acceptors (Lipinski definition) is 7. The van der Waals surface area contributed by atoms with Gasteiger partial charge in [-0.05, 0) is 49.9 Å². The number of carbonyl (C=O) groups is 1. The fourth-order valence-corrected chi connectivity index (χ4v) is 7.06. The predicted octanol–water partition coefficient (Wildman–Crippen LogP) is 4.59. The van der Waals surface area contributed by atoms with Crippen molar-refractivity contribution in [3.8, 4) is 0 Å². The van der Waals surface area contributed by atoms with Crippen molar-refractivity contribution in [1.82, 2.24) is 9.55 Å². The number of hydrogen-bond donors (Lipinski definition) is 1. The zero-order chi connectivity index (χ0) is 28.8. The minimum Gasteiger partial charge on any atom is -0.455 e. The molecule has 1 aliphatic carbocycles. The lowest BCUT2D eigenvalue weighted by molar-refractivity contribution is -0.185. The van der Waals surface area contributed by atoms with E-state index in [1.165, 1.54) is 17.7 Å². The molecule has 9 nitrogen and oxygen atoms in total. The van der Waals surface area contributed by atoms with Crippen molar-refractivity contribution in [3.63, 3.8) is 0 Å². The quantitative estimate of drug-likeness (QED) is 0.354. The van der Waals surface area contributed by atoms with Crippen LogP contribution in [0.25, 0.3) is 0 Å². The van der Waals surface area contributed by atoms with Gasteiger partial charge in [-0.15, -0.1) is 0 Å². The molecule has 1 saturated heterocycles. The van der Waals surface area contributed by atoms with Gasteiger partial charge in [0.2, 0.25) is 0 Å². The highest BCUT2D eigenvalue weighted by atomic mass is 28.4. The maximum atomic E-state index is 13.0. The van der Waals surface area contributed by atoms with Crippen LogP contribution in [-0.4, -0.2) is 47.2 Å². The molecule has 2 aliphatic rings. The van der Waals surface area contributed by atoms with Gasteiger partial charge in [0, 0.05) is 18.7 Å². The first-order valence-corrected chi connectivity index (χ1v) is 16.6. The number of carbonyl (C=O) groups excluding carboxylic acids is 1. The molecule has 4 rings (SSSR count). The second-order valence-electron chi connectivity index (χ2n) is 12.4. The van der Waals surface area contributed by atoms with E-state index >= 15 is 0 Å². The fraction of sp³-hybridized carbons (Fsp3) is 0.621. The maximum Gasteiger partial charge on any atom is 0.330 e. The Bertz CT molecular complexity index is 1310. The lowest BCUT2D eigenvalue weighted by Crippen LogP contribution is -2.60. The van der Waals surface area contributed by atoms with Crippen LogP contribution in [0.15, 0.2) is 46.1 Å². The molecule has 0 radical (unpaired) electrons. The van der Waals surface area contributed by atoms with E-state index < -0.39 is 55.2 Å². The minimum atomic E-state index is -2.27. The molecule has 2 heterocycles. The summed E-state index contributed by atoms with van der Waals surface area (Å²) in [5.74, 6) is -0.516. The topological polar surface area (TPSA) is 109 Å². The molecule has 1 saturated carbocycles. The highest BCUT2D eigenvalue weighted by molar-refractivity contribution is 6.74. The van der Waals surface area contributed by atoms with Crippen LogP contribution in [-0.2, 0) is 30.0 Å². The van der Waals surface area contributed by atoms with Gasteiger partial charge < -0.3 is 18.6 Å². The lowest BCUT2D eigenvalue weighted by Gasteiger charge is -2.47. The number of nitrogens with zero attached hydrogens (tertiary/aromatic N) is 1. The molecular weight excluding hydrogens is 516 g/mol. The third-order valence-electron chi connectivity index (χ3n) is 8.62. The molecule has 2 aromatic rings. The van der Waals surface area contributed by atoms with Crippen LogP contribution in [0.2, 0.25) is 18.1 Å². The van der Waals surface area contributed by atoms with Gasteiger partial charge in [0.1, 0.15) is 11.7 Å². The minimum absolute atomic E-state index is 0.0435. The maximum absolute atomic E-state index is 13.0. The molecule has 10 heteroatoms. The van der Waals surface area contributed by atoms with Crippen molar-refractivity contribution >= 4 is 14.3 Å². The Kier molecular flexibility index (Phi) is 7.90. The number of aromatic nitrogens is 2. The normalized spacial score (nSPS) is 26.4. The van der Waals surface area contributed by atoms with Crippen molar-refractivity contribution < 1.29 is 23.4 Å². The molecule has 1 aromatic carbocycles. The van der Waals surface area contributed by atoms with Crippen LogP contribution >= 0.6 is 0 Å². The SMILES string of the molecule is CC[C@@]1(C2(O[Si](C)(C)C(C)(C)C)CC2)O[C@@H](n2cc(C)c(=O)[nH]c2=O)[C@@H](OC(C)=O)C1OCc1ccccc1. The van der Waals surface area contributed by atoms with E-state index in [2.05, 4.69) is 38.8 Å². The first-order chi connectivity index (χ1) is 18.2. The van der Waals surface area contributed by atoms with Crippen LogP contribution in [0.1, 0.15) is 71.2 Å².